The molecule has 0 aliphatic rings. The monoisotopic (exact) mass is 252 g/mol. The minimum absolute atomic E-state index is 0.202. The predicted molar refractivity (Wildman–Crippen MR) is 60.8 cm³/mol. The molecular weight excluding hydrogens is 240 g/mol. The van der Waals surface area contributed by atoms with Crippen molar-refractivity contribution in [3.05, 3.63) is 33.8 Å². The Labute approximate surface area is 92.9 Å². The van der Waals surface area contributed by atoms with E-state index >= 15 is 0 Å². The molecule has 0 heterocycles. The average Bonchev–Trinajstić information content (AvgIpc) is 2.16. The van der Waals surface area contributed by atoms with Crippen LogP contribution in [0.5, 0.6) is 0 Å². The largest absolute Gasteiger partial charge is 0.328 e. The lowest BCUT2D eigenvalue weighted by molar-refractivity contribution is 0.665. The molecule has 0 aliphatic heterocycles. The van der Waals surface area contributed by atoms with Crippen LogP contribution in [0.1, 0.15) is 24.5 Å². The molecule has 0 fully saturated rings. The number of halogens is 1. The number of hydrogen-bond acceptors (Lipinski definition) is 2. The zero-order valence-electron chi connectivity index (χ0n) is 8.13. The molecule has 2 N–H and O–H groups in total. The topological polar surface area (TPSA) is 49.8 Å². The molecule has 3 heteroatoms. The Morgan fingerprint density at radius 3 is 2.86 bits per heavy atom. The van der Waals surface area contributed by atoms with E-state index in [4.69, 9.17) is 11.0 Å². The predicted octanol–water partition coefficient (Wildman–Crippen LogP) is 2.60. The van der Waals surface area contributed by atoms with E-state index in [2.05, 4.69) is 22.0 Å². The maximum absolute atomic E-state index is 8.74. The molecule has 0 aliphatic carbocycles. The smallest absolute Gasteiger partial charge is 0.0991 e. The van der Waals surface area contributed by atoms with Gasteiger partial charge in [-0.25, -0.2) is 0 Å². The first kappa shape index (κ1) is 11.2. The van der Waals surface area contributed by atoms with Crippen molar-refractivity contribution < 1.29 is 0 Å². The Morgan fingerprint density at radius 1 is 1.57 bits per heavy atom. The molecule has 0 bridgehead atoms. The van der Waals surface area contributed by atoms with Crippen molar-refractivity contribution in [3.63, 3.8) is 0 Å². The molecule has 1 aromatic carbocycles. The quantitative estimate of drug-likeness (QED) is 0.900. The second-order valence-electron chi connectivity index (χ2n) is 3.43. The van der Waals surface area contributed by atoms with Crippen LogP contribution in [0, 0.1) is 11.3 Å². The fourth-order valence-electron chi connectivity index (χ4n) is 1.22. The van der Waals surface area contributed by atoms with E-state index in [1.54, 1.807) is 6.07 Å². The van der Waals surface area contributed by atoms with Gasteiger partial charge in [0.1, 0.15) is 0 Å². The van der Waals surface area contributed by atoms with Crippen molar-refractivity contribution in [2.75, 3.05) is 0 Å². The third-order valence-electron chi connectivity index (χ3n) is 2.04. The van der Waals surface area contributed by atoms with Gasteiger partial charge in [-0.15, -0.1) is 0 Å². The molecule has 2 nitrogen and oxygen atoms in total. The lowest BCUT2D eigenvalue weighted by atomic mass is 10.0. The molecule has 0 amide bonds. The van der Waals surface area contributed by atoms with Crippen molar-refractivity contribution in [1.29, 1.82) is 5.26 Å². The molecule has 1 atom stereocenters. The Balaban J connectivity index is 2.80. The summed E-state index contributed by atoms with van der Waals surface area (Å²) in [5, 5.41) is 8.74. The van der Waals surface area contributed by atoms with E-state index in [0.717, 1.165) is 22.9 Å². The first-order valence-corrected chi connectivity index (χ1v) is 5.37. The molecule has 0 aromatic heterocycles. The number of nitriles is 1. The van der Waals surface area contributed by atoms with Crippen LogP contribution in [0.25, 0.3) is 0 Å². The van der Waals surface area contributed by atoms with Crippen LogP contribution in [0.2, 0.25) is 0 Å². The summed E-state index contributed by atoms with van der Waals surface area (Å²) in [5.74, 6) is 0. The summed E-state index contributed by atoms with van der Waals surface area (Å²) in [4.78, 5) is 0. The highest BCUT2D eigenvalue weighted by atomic mass is 79.9. The molecule has 14 heavy (non-hydrogen) atoms. The van der Waals surface area contributed by atoms with E-state index in [9.17, 15) is 0 Å². The average molecular weight is 253 g/mol. The van der Waals surface area contributed by atoms with Gasteiger partial charge in [0.2, 0.25) is 0 Å². The third-order valence-corrected chi connectivity index (χ3v) is 2.82. The first-order chi connectivity index (χ1) is 6.63. The zero-order chi connectivity index (χ0) is 10.6. The van der Waals surface area contributed by atoms with E-state index in [-0.39, 0.29) is 6.04 Å². The molecule has 0 saturated heterocycles. The Bertz CT molecular complexity index is 353. The molecule has 1 rings (SSSR count). The van der Waals surface area contributed by atoms with Crippen LogP contribution in [-0.4, -0.2) is 6.04 Å². The fourth-order valence-corrected chi connectivity index (χ4v) is 1.66. The highest BCUT2D eigenvalue weighted by molar-refractivity contribution is 9.10. The van der Waals surface area contributed by atoms with E-state index in [1.807, 2.05) is 19.1 Å². The number of benzene rings is 1. The first-order valence-electron chi connectivity index (χ1n) is 4.57. The summed E-state index contributed by atoms with van der Waals surface area (Å²) in [6, 6.07) is 7.96. The minimum atomic E-state index is 0.202. The molecular formula is C11H13BrN2. The lowest BCUT2D eigenvalue weighted by Crippen LogP contribution is -2.15. The van der Waals surface area contributed by atoms with E-state index < -0.39 is 0 Å². The molecule has 0 radical (unpaired) electrons. The van der Waals surface area contributed by atoms with Crippen LogP contribution in [0.15, 0.2) is 22.7 Å². The molecule has 1 aromatic rings. The highest BCUT2D eigenvalue weighted by Gasteiger charge is 2.03. The van der Waals surface area contributed by atoms with Crippen molar-refractivity contribution in [2.45, 2.75) is 25.8 Å². The second-order valence-corrected chi connectivity index (χ2v) is 4.29. The van der Waals surface area contributed by atoms with Gasteiger partial charge in [0.25, 0.3) is 0 Å². The number of hydrogen-bond donors (Lipinski definition) is 1. The van der Waals surface area contributed by atoms with Crippen molar-refractivity contribution in [2.24, 2.45) is 5.73 Å². The Morgan fingerprint density at radius 2 is 2.29 bits per heavy atom. The van der Waals surface area contributed by atoms with Crippen LogP contribution in [0.3, 0.4) is 0 Å². The summed E-state index contributed by atoms with van der Waals surface area (Å²) in [6.07, 6.45) is 1.85. The van der Waals surface area contributed by atoms with Crippen LogP contribution in [0.4, 0.5) is 0 Å². The van der Waals surface area contributed by atoms with Crippen LogP contribution < -0.4 is 5.73 Å². The molecule has 74 valence electrons. The van der Waals surface area contributed by atoms with Crippen molar-refractivity contribution in [1.82, 2.24) is 0 Å². The van der Waals surface area contributed by atoms with Gasteiger partial charge in [0, 0.05) is 10.5 Å². The maximum Gasteiger partial charge on any atom is 0.0991 e. The number of nitrogens with two attached hydrogens (primary N) is 1. The summed E-state index contributed by atoms with van der Waals surface area (Å²) in [5.41, 5.74) is 7.54. The molecule has 0 saturated carbocycles. The van der Waals surface area contributed by atoms with Gasteiger partial charge < -0.3 is 5.73 Å². The van der Waals surface area contributed by atoms with Gasteiger partial charge in [0.15, 0.2) is 0 Å². The van der Waals surface area contributed by atoms with E-state index in [0.29, 0.717) is 5.56 Å². The van der Waals surface area contributed by atoms with Gasteiger partial charge in [-0.2, -0.15) is 5.26 Å². The van der Waals surface area contributed by atoms with Gasteiger partial charge in [0.05, 0.1) is 11.6 Å². The summed E-state index contributed by atoms with van der Waals surface area (Å²) >= 11 is 3.46. The van der Waals surface area contributed by atoms with Gasteiger partial charge in [-0.05, 0) is 43.5 Å². The number of aryl methyl sites for hydroxylation is 1. The standard InChI is InChI=1S/C11H13BrN2/c1-8(14)2-4-10-6-9(7-13)3-5-11(10)12/h3,5-6,8H,2,4,14H2,1H3/t8-/m1/s1. The van der Waals surface area contributed by atoms with Crippen LogP contribution >= 0.6 is 15.9 Å². The summed E-state index contributed by atoms with van der Waals surface area (Å²) in [7, 11) is 0. The van der Waals surface area contributed by atoms with Crippen molar-refractivity contribution in [3.8, 4) is 6.07 Å². The highest BCUT2D eigenvalue weighted by Crippen LogP contribution is 2.19. The van der Waals surface area contributed by atoms with Crippen LogP contribution in [-0.2, 0) is 6.42 Å². The number of nitrogens with zero attached hydrogens (tertiary/aromatic N) is 1. The second kappa shape index (κ2) is 5.14. The molecule has 0 spiro atoms. The summed E-state index contributed by atoms with van der Waals surface area (Å²) < 4.78 is 1.05. The van der Waals surface area contributed by atoms with Gasteiger partial charge >= 0.3 is 0 Å². The fraction of sp³-hybridized carbons (Fsp3) is 0.364. The van der Waals surface area contributed by atoms with E-state index in [1.165, 1.54) is 0 Å². The summed E-state index contributed by atoms with van der Waals surface area (Å²) in [6.45, 7) is 1.99. The zero-order valence-corrected chi connectivity index (χ0v) is 9.71. The Kier molecular flexibility index (Phi) is 4.12. The SMILES string of the molecule is C[C@@H](N)CCc1cc(C#N)ccc1Br. The maximum atomic E-state index is 8.74. The third kappa shape index (κ3) is 3.13. The number of rotatable bonds is 3. The van der Waals surface area contributed by atoms with Gasteiger partial charge in [-0.3, -0.25) is 0 Å². The van der Waals surface area contributed by atoms with Gasteiger partial charge in [-0.1, -0.05) is 15.9 Å². The van der Waals surface area contributed by atoms with Crippen molar-refractivity contribution >= 4 is 15.9 Å². The lowest BCUT2D eigenvalue weighted by Gasteiger charge is -2.07. The Hall–Kier alpha value is -0.850. The minimum Gasteiger partial charge on any atom is -0.328 e. The molecule has 0 unspecified atom stereocenters. The normalized spacial score (nSPS) is 12.1.